The Balaban J connectivity index is 1.73. The summed E-state index contributed by atoms with van der Waals surface area (Å²) in [6, 6.07) is 14.8. The van der Waals surface area contributed by atoms with E-state index in [0.717, 1.165) is 36.5 Å². The predicted octanol–water partition coefficient (Wildman–Crippen LogP) is 5.85. The van der Waals surface area contributed by atoms with Crippen molar-refractivity contribution in [1.82, 2.24) is 9.29 Å². The molecule has 0 radical (unpaired) electrons. The summed E-state index contributed by atoms with van der Waals surface area (Å²) in [5.41, 5.74) is 5.92. The molecule has 0 fully saturated rings. The third kappa shape index (κ3) is 5.97. The molecule has 166 valence electrons. The van der Waals surface area contributed by atoms with Crippen LogP contribution in [0.1, 0.15) is 44.2 Å². The summed E-state index contributed by atoms with van der Waals surface area (Å²) in [6.45, 7) is 7.10. The van der Waals surface area contributed by atoms with Crippen LogP contribution in [0.15, 0.2) is 48.7 Å². The Morgan fingerprint density at radius 1 is 1.10 bits per heavy atom. The first kappa shape index (κ1) is 23.1. The monoisotopic (exact) mass is 438 g/mol. The number of hydrogen-bond donors (Lipinski definition) is 3. The fourth-order valence-corrected chi connectivity index (χ4v) is 4.42. The lowest BCUT2D eigenvalue weighted by Crippen LogP contribution is -2.28. The van der Waals surface area contributed by atoms with Gasteiger partial charge in [-0.25, -0.2) is 0 Å². The van der Waals surface area contributed by atoms with Gasteiger partial charge in [-0.2, -0.15) is 0 Å². The molecule has 1 heterocycles. The average Bonchev–Trinajstić information content (AvgIpc) is 3.08. The molecule has 1 atom stereocenters. The maximum Gasteiger partial charge on any atom is 0.231 e. The molecule has 0 aliphatic rings. The van der Waals surface area contributed by atoms with Gasteiger partial charge < -0.3 is 19.9 Å². The summed E-state index contributed by atoms with van der Waals surface area (Å²) < 4.78 is 5.10. The number of carbonyl (C=O) groups is 1. The van der Waals surface area contributed by atoms with Crippen molar-refractivity contribution in [2.45, 2.75) is 52.6 Å². The molecule has 3 aromatic rings. The van der Waals surface area contributed by atoms with Gasteiger partial charge in [-0.15, -0.1) is 0 Å². The molecule has 0 saturated carbocycles. The zero-order chi connectivity index (χ0) is 22.2. The molecule has 0 aliphatic heterocycles. The Kier molecular flexibility index (Phi) is 8.29. The topological polar surface area (TPSA) is 58.1 Å². The molecule has 0 spiro atoms. The van der Waals surface area contributed by atoms with Gasteiger partial charge in [-0.3, -0.25) is 4.79 Å². The third-order valence-electron chi connectivity index (χ3n) is 5.46. The van der Waals surface area contributed by atoms with Crippen molar-refractivity contribution in [3.63, 3.8) is 0 Å². The van der Waals surface area contributed by atoms with Crippen LogP contribution in [0.25, 0.3) is 10.9 Å². The van der Waals surface area contributed by atoms with Crippen molar-refractivity contribution in [2.24, 2.45) is 7.05 Å². The molecule has 0 saturated heterocycles. The van der Waals surface area contributed by atoms with E-state index in [9.17, 15) is 4.79 Å². The van der Waals surface area contributed by atoms with Gasteiger partial charge in [0.05, 0.1) is 11.4 Å². The number of anilines is 2. The van der Waals surface area contributed by atoms with Crippen molar-refractivity contribution < 1.29 is 4.79 Å². The third-order valence-corrected chi connectivity index (χ3v) is 6.12. The molecule has 5 nitrogen and oxygen atoms in total. The normalized spacial score (nSPS) is 12.0. The summed E-state index contributed by atoms with van der Waals surface area (Å²) in [4.78, 5) is 12.2. The standard InChI is InChI=1S/C25H34N4OS/c1-5-10-20(15-24(30)28-31-6-2)27-22-13-8-7-12-21(22)26-16-19-17-29(4)23-14-9-11-18(3)25(19)23/h7-9,11-14,17,20,26-27H,5-6,10,15-16H2,1-4H3,(H,28,30)/t20-/m0/s1. The number of aromatic nitrogens is 1. The van der Waals surface area contributed by atoms with Crippen LogP contribution < -0.4 is 15.4 Å². The van der Waals surface area contributed by atoms with Crippen LogP contribution in [0.5, 0.6) is 0 Å². The van der Waals surface area contributed by atoms with E-state index in [1.165, 1.54) is 34.0 Å². The molecule has 1 aromatic heterocycles. The van der Waals surface area contributed by atoms with E-state index in [1.54, 1.807) is 0 Å². The van der Waals surface area contributed by atoms with Crippen LogP contribution >= 0.6 is 11.9 Å². The highest BCUT2D eigenvalue weighted by molar-refractivity contribution is 7.97. The van der Waals surface area contributed by atoms with Crippen LogP contribution in [-0.2, 0) is 18.4 Å². The number of rotatable bonds is 11. The van der Waals surface area contributed by atoms with Crippen LogP contribution in [-0.4, -0.2) is 22.3 Å². The minimum Gasteiger partial charge on any atom is -0.380 e. The first-order chi connectivity index (χ1) is 15.0. The number of hydrogen-bond acceptors (Lipinski definition) is 4. The second kappa shape index (κ2) is 11.1. The largest absolute Gasteiger partial charge is 0.380 e. The van der Waals surface area contributed by atoms with Crippen LogP contribution in [0.2, 0.25) is 0 Å². The summed E-state index contributed by atoms with van der Waals surface area (Å²) >= 11 is 1.45. The molecule has 3 N–H and O–H groups in total. The first-order valence-electron chi connectivity index (χ1n) is 11.1. The lowest BCUT2D eigenvalue weighted by molar-refractivity contribution is -0.119. The maximum absolute atomic E-state index is 12.2. The molecule has 31 heavy (non-hydrogen) atoms. The number of benzene rings is 2. The highest BCUT2D eigenvalue weighted by Gasteiger charge is 2.15. The second-order valence-electron chi connectivity index (χ2n) is 7.93. The Morgan fingerprint density at radius 3 is 2.61 bits per heavy atom. The molecule has 6 heteroatoms. The van der Waals surface area contributed by atoms with Gasteiger partial charge in [0.1, 0.15) is 0 Å². The number of nitrogens with one attached hydrogen (secondary N) is 3. The van der Waals surface area contributed by atoms with Crippen molar-refractivity contribution >= 4 is 40.1 Å². The average molecular weight is 439 g/mol. The fraction of sp³-hybridized carbons (Fsp3) is 0.400. The van der Waals surface area contributed by atoms with Gasteiger partial charge in [0.25, 0.3) is 0 Å². The van der Waals surface area contributed by atoms with Gasteiger partial charge in [0.15, 0.2) is 0 Å². The van der Waals surface area contributed by atoms with Crippen LogP contribution in [0.4, 0.5) is 11.4 Å². The van der Waals surface area contributed by atoms with E-state index in [0.29, 0.717) is 6.42 Å². The Morgan fingerprint density at radius 2 is 1.87 bits per heavy atom. The zero-order valence-corrected chi connectivity index (χ0v) is 19.8. The summed E-state index contributed by atoms with van der Waals surface area (Å²) in [5, 5.41) is 8.54. The number of aryl methyl sites for hydroxylation is 2. The highest BCUT2D eigenvalue weighted by atomic mass is 32.2. The minimum absolute atomic E-state index is 0.0782. The maximum atomic E-state index is 12.2. The van der Waals surface area contributed by atoms with E-state index in [2.05, 4.69) is 77.3 Å². The van der Waals surface area contributed by atoms with E-state index >= 15 is 0 Å². The quantitative estimate of drug-likeness (QED) is 0.329. The summed E-state index contributed by atoms with van der Waals surface area (Å²) in [7, 11) is 2.10. The lowest BCUT2D eigenvalue weighted by Gasteiger charge is -2.21. The van der Waals surface area contributed by atoms with Gasteiger partial charge in [0.2, 0.25) is 5.91 Å². The lowest BCUT2D eigenvalue weighted by atomic mass is 10.1. The zero-order valence-electron chi connectivity index (χ0n) is 19.0. The Hall–Kier alpha value is -2.60. The molecular weight excluding hydrogens is 404 g/mol. The highest BCUT2D eigenvalue weighted by Crippen LogP contribution is 2.28. The smallest absolute Gasteiger partial charge is 0.231 e. The number of amides is 1. The molecule has 0 unspecified atom stereocenters. The summed E-state index contributed by atoms with van der Waals surface area (Å²) in [6.07, 6.45) is 4.64. The van der Waals surface area contributed by atoms with E-state index < -0.39 is 0 Å². The van der Waals surface area contributed by atoms with E-state index in [4.69, 9.17) is 0 Å². The molecule has 0 bridgehead atoms. The predicted molar refractivity (Wildman–Crippen MR) is 135 cm³/mol. The minimum atomic E-state index is 0.0782. The molecule has 2 aromatic carbocycles. The Bertz CT molecular complexity index is 1010. The molecule has 3 rings (SSSR count). The van der Waals surface area contributed by atoms with Gasteiger partial charge in [-0.05, 0) is 42.7 Å². The number of nitrogens with zero attached hydrogens (tertiary/aromatic N) is 1. The first-order valence-corrected chi connectivity index (χ1v) is 12.1. The van der Waals surface area contributed by atoms with Crippen molar-refractivity contribution in [3.05, 3.63) is 59.8 Å². The second-order valence-corrected chi connectivity index (χ2v) is 9.00. The molecule has 0 aliphatic carbocycles. The number of para-hydroxylation sites is 2. The van der Waals surface area contributed by atoms with Gasteiger partial charge in [0, 0.05) is 48.9 Å². The summed E-state index contributed by atoms with van der Waals surface area (Å²) in [5.74, 6) is 0.951. The van der Waals surface area contributed by atoms with Crippen molar-refractivity contribution in [1.29, 1.82) is 0 Å². The van der Waals surface area contributed by atoms with Crippen molar-refractivity contribution in [3.8, 4) is 0 Å². The van der Waals surface area contributed by atoms with E-state index in [1.807, 2.05) is 19.1 Å². The number of fused-ring (bicyclic) bond motifs is 1. The fourth-order valence-electron chi connectivity index (χ4n) is 4.03. The van der Waals surface area contributed by atoms with Crippen LogP contribution in [0.3, 0.4) is 0 Å². The molecular formula is C25H34N4OS. The molecule has 1 amide bonds. The Labute approximate surface area is 190 Å². The van der Waals surface area contributed by atoms with Crippen LogP contribution in [0, 0.1) is 6.92 Å². The van der Waals surface area contributed by atoms with Gasteiger partial charge in [-0.1, -0.05) is 56.5 Å². The number of carbonyl (C=O) groups excluding carboxylic acids is 1. The van der Waals surface area contributed by atoms with Crippen molar-refractivity contribution in [2.75, 3.05) is 16.4 Å². The van der Waals surface area contributed by atoms with Gasteiger partial charge >= 0.3 is 0 Å². The SMILES string of the molecule is CCC[C@@H](CC(=O)NSCC)Nc1ccccc1NCc1cn(C)c2cccc(C)c12. The van der Waals surface area contributed by atoms with E-state index in [-0.39, 0.29) is 11.9 Å².